The van der Waals surface area contributed by atoms with Crippen molar-refractivity contribution >= 4 is 28.9 Å². The van der Waals surface area contributed by atoms with Crippen molar-refractivity contribution in [3.05, 3.63) is 40.4 Å². The molecular weight excluding hydrogens is 273 g/mol. The molecule has 2 rings (SSSR count). The fourth-order valence-corrected chi connectivity index (χ4v) is 2.21. The van der Waals surface area contributed by atoms with Crippen molar-refractivity contribution in [2.75, 3.05) is 12.3 Å². The molecule has 0 aliphatic rings. The summed E-state index contributed by atoms with van der Waals surface area (Å²) in [5, 5.41) is 0.833. The van der Waals surface area contributed by atoms with Gasteiger partial charge in [0, 0.05) is 31.5 Å². The Morgan fingerprint density at radius 3 is 2.56 bits per heavy atom. The highest BCUT2D eigenvalue weighted by Gasteiger charge is 2.09. The Kier molecular flexibility index (Phi) is 3.99. The lowest BCUT2D eigenvalue weighted by Crippen LogP contribution is -2.06. The first-order chi connectivity index (χ1) is 8.58. The second-order valence-electron chi connectivity index (χ2n) is 3.87. The molecule has 2 N–H and O–H groups in total. The van der Waals surface area contributed by atoms with E-state index < -0.39 is 0 Å². The van der Waals surface area contributed by atoms with Crippen LogP contribution in [0.1, 0.15) is 5.82 Å². The van der Waals surface area contributed by atoms with Crippen LogP contribution in [0, 0.1) is 0 Å². The molecule has 0 aliphatic carbocycles. The highest BCUT2D eigenvalue weighted by atomic mass is 35.5. The molecule has 96 valence electrons. The Balaban J connectivity index is 2.01. The number of imidazole rings is 1. The summed E-state index contributed by atoms with van der Waals surface area (Å²) in [7, 11) is 1.94. The van der Waals surface area contributed by atoms with Crippen molar-refractivity contribution in [3.8, 4) is 5.75 Å². The van der Waals surface area contributed by atoms with E-state index in [9.17, 15) is 0 Å². The van der Waals surface area contributed by atoms with E-state index in [1.807, 2.05) is 17.8 Å². The van der Waals surface area contributed by atoms with Crippen LogP contribution in [0.2, 0.25) is 10.0 Å². The first-order valence-corrected chi connectivity index (χ1v) is 6.17. The molecule has 0 saturated heterocycles. The standard InChI is InChI=1S/C12H13Cl2N3O/c1-17-4-3-16-11(17)2-5-18-12-9(13)6-8(15)7-10(12)14/h3-4,6-7H,2,5,15H2,1H3. The van der Waals surface area contributed by atoms with Crippen LogP contribution >= 0.6 is 23.2 Å². The number of hydrogen-bond acceptors (Lipinski definition) is 3. The van der Waals surface area contributed by atoms with Crippen LogP contribution in [-0.2, 0) is 13.5 Å². The molecule has 6 heteroatoms. The molecule has 0 saturated carbocycles. The average molecular weight is 286 g/mol. The van der Waals surface area contributed by atoms with Crippen LogP contribution in [0.3, 0.4) is 0 Å². The van der Waals surface area contributed by atoms with Gasteiger partial charge < -0.3 is 15.0 Å². The summed E-state index contributed by atoms with van der Waals surface area (Å²) in [6.07, 6.45) is 4.32. The number of benzene rings is 1. The van der Waals surface area contributed by atoms with E-state index in [4.69, 9.17) is 33.7 Å². The molecule has 1 heterocycles. The number of nitrogens with two attached hydrogens (primary N) is 1. The summed E-state index contributed by atoms with van der Waals surface area (Å²) in [6.45, 7) is 0.453. The lowest BCUT2D eigenvalue weighted by atomic mass is 10.3. The maximum atomic E-state index is 6.02. The Morgan fingerprint density at radius 2 is 2.00 bits per heavy atom. The number of rotatable bonds is 4. The Hall–Kier alpha value is -1.39. The number of hydrogen-bond donors (Lipinski definition) is 1. The fraction of sp³-hybridized carbons (Fsp3) is 0.250. The molecular formula is C12H13Cl2N3O. The van der Waals surface area contributed by atoms with Gasteiger partial charge in [0.2, 0.25) is 0 Å². The predicted molar refractivity (Wildman–Crippen MR) is 73.3 cm³/mol. The van der Waals surface area contributed by atoms with Crippen LogP contribution in [-0.4, -0.2) is 16.2 Å². The van der Waals surface area contributed by atoms with Gasteiger partial charge in [0.05, 0.1) is 16.7 Å². The van der Waals surface area contributed by atoms with Crippen molar-refractivity contribution in [1.82, 2.24) is 9.55 Å². The lowest BCUT2D eigenvalue weighted by molar-refractivity contribution is 0.318. The Bertz CT molecular complexity index is 531. The molecule has 1 aromatic heterocycles. The quantitative estimate of drug-likeness (QED) is 0.879. The van der Waals surface area contributed by atoms with Crippen LogP contribution in [0.5, 0.6) is 5.75 Å². The van der Waals surface area contributed by atoms with Crippen molar-refractivity contribution < 1.29 is 4.74 Å². The zero-order valence-electron chi connectivity index (χ0n) is 9.86. The maximum Gasteiger partial charge on any atom is 0.156 e. The smallest absolute Gasteiger partial charge is 0.156 e. The van der Waals surface area contributed by atoms with Crippen molar-refractivity contribution in [3.63, 3.8) is 0 Å². The van der Waals surface area contributed by atoms with E-state index in [0.717, 1.165) is 5.82 Å². The summed E-state index contributed by atoms with van der Waals surface area (Å²) < 4.78 is 7.52. The zero-order valence-corrected chi connectivity index (χ0v) is 11.4. The van der Waals surface area contributed by atoms with E-state index in [-0.39, 0.29) is 0 Å². The van der Waals surface area contributed by atoms with E-state index in [0.29, 0.717) is 34.5 Å². The third kappa shape index (κ3) is 2.89. The number of anilines is 1. The highest BCUT2D eigenvalue weighted by Crippen LogP contribution is 2.35. The third-order valence-electron chi connectivity index (χ3n) is 2.51. The van der Waals surface area contributed by atoms with E-state index in [2.05, 4.69) is 4.98 Å². The average Bonchev–Trinajstić information content (AvgIpc) is 2.68. The first-order valence-electron chi connectivity index (χ1n) is 5.41. The summed E-state index contributed by atoms with van der Waals surface area (Å²) in [4.78, 5) is 4.20. The minimum Gasteiger partial charge on any atom is -0.490 e. The maximum absolute atomic E-state index is 6.02. The summed E-state index contributed by atoms with van der Waals surface area (Å²) in [5.41, 5.74) is 6.13. The Labute approximate surface area is 115 Å². The molecule has 1 aromatic carbocycles. The van der Waals surface area contributed by atoms with E-state index in [1.54, 1.807) is 18.3 Å². The SMILES string of the molecule is Cn1ccnc1CCOc1c(Cl)cc(N)cc1Cl. The van der Waals surface area contributed by atoms with Crippen LogP contribution in [0.15, 0.2) is 24.5 Å². The predicted octanol–water partition coefficient (Wildman–Crippen LogP) is 2.93. The number of nitrogen functional groups attached to an aromatic ring is 1. The molecule has 0 atom stereocenters. The summed E-state index contributed by atoms with van der Waals surface area (Å²) in [6, 6.07) is 3.23. The molecule has 0 bridgehead atoms. The van der Waals surface area contributed by atoms with Gasteiger partial charge in [0.1, 0.15) is 5.82 Å². The van der Waals surface area contributed by atoms with Gasteiger partial charge in [-0.15, -0.1) is 0 Å². The van der Waals surface area contributed by atoms with Crippen LogP contribution in [0.4, 0.5) is 5.69 Å². The molecule has 0 fully saturated rings. The molecule has 0 unspecified atom stereocenters. The van der Waals surface area contributed by atoms with Gasteiger partial charge in [0.15, 0.2) is 5.75 Å². The van der Waals surface area contributed by atoms with Crippen LogP contribution in [0.25, 0.3) is 0 Å². The van der Waals surface area contributed by atoms with Crippen molar-refractivity contribution in [2.45, 2.75) is 6.42 Å². The van der Waals surface area contributed by atoms with Crippen LogP contribution < -0.4 is 10.5 Å². The van der Waals surface area contributed by atoms with Gasteiger partial charge in [-0.2, -0.15) is 0 Å². The topological polar surface area (TPSA) is 53.1 Å². The minimum absolute atomic E-state index is 0.417. The largest absolute Gasteiger partial charge is 0.490 e. The monoisotopic (exact) mass is 285 g/mol. The Morgan fingerprint density at radius 1 is 1.33 bits per heavy atom. The normalized spacial score (nSPS) is 10.6. The number of ether oxygens (including phenoxy) is 1. The first kappa shape index (κ1) is 13.1. The minimum atomic E-state index is 0.417. The van der Waals surface area contributed by atoms with Gasteiger partial charge in [-0.05, 0) is 12.1 Å². The van der Waals surface area contributed by atoms with E-state index in [1.165, 1.54) is 0 Å². The summed E-state index contributed by atoms with van der Waals surface area (Å²) in [5.74, 6) is 1.40. The zero-order chi connectivity index (χ0) is 13.1. The molecule has 0 amide bonds. The van der Waals surface area contributed by atoms with Gasteiger partial charge in [0.25, 0.3) is 0 Å². The number of aryl methyl sites for hydroxylation is 1. The molecule has 0 aliphatic heterocycles. The lowest BCUT2D eigenvalue weighted by Gasteiger charge is -2.10. The molecule has 18 heavy (non-hydrogen) atoms. The van der Waals surface area contributed by atoms with Gasteiger partial charge in [-0.1, -0.05) is 23.2 Å². The summed E-state index contributed by atoms with van der Waals surface area (Å²) >= 11 is 12.0. The molecule has 0 radical (unpaired) electrons. The highest BCUT2D eigenvalue weighted by molar-refractivity contribution is 6.37. The number of nitrogens with zero attached hydrogens (tertiary/aromatic N) is 2. The van der Waals surface area contributed by atoms with Gasteiger partial charge in [-0.3, -0.25) is 0 Å². The number of halogens is 2. The van der Waals surface area contributed by atoms with E-state index >= 15 is 0 Å². The second kappa shape index (κ2) is 5.50. The van der Waals surface area contributed by atoms with Gasteiger partial charge >= 0.3 is 0 Å². The number of aromatic nitrogens is 2. The van der Waals surface area contributed by atoms with Gasteiger partial charge in [-0.25, -0.2) is 4.98 Å². The molecule has 0 spiro atoms. The third-order valence-corrected chi connectivity index (χ3v) is 3.08. The van der Waals surface area contributed by atoms with Crippen molar-refractivity contribution in [1.29, 1.82) is 0 Å². The second-order valence-corrected chi connectivity index (χ2v) is 4.68. The van der Waals surface area contributed by atoms with Crippen molar-refractivity contribution in [2.24, 2.45) is 7.05 Å². The molecule has 4 nitrogen and oxygen atoms in total. The fourth-order valence-electron chi connectivity index (χ4n) is 1.60. The molecule has 2 aromatic rings.